The van der Waals surface area contributed by atoms with E-state index in [0.29, 0.717) is 18.8 Å². The molecule has 2 aromatic heterocycles. The van der Waals surface area contributed by atoms with Crippen LogP contribution in [0, 0.1) is 0 Å². The fourth-order valence-electron chi connectivity index (χ4n) is 1.93. The highest BCUT2D eigenvalue weighted by Gasteiger charge is 2.17. The van der Waals surface area contributed by atoms with Gasteiger partial charge in [-0.1, -0.05) is 13.8 Å². The lowest BCUT2D eigenvalue weighted by Gasteiger charge is -2.07. The average Bonchev–Trinajstić information content (AvgIpc) is 3.07. The smallest absolute Gasteiger partial charge is 0.356 e. The predicted octanol–water partition coefficient (Wildman–Crippen LogP) is 1.73. The summed E-state index contributed by atoms with van der Waals surface area (Å²) in [6.07, 6.45) is 4.34. The Labute approximate surface area is 121 Å². The Kier molecular flexibility index (Phi) is 4.42. The zero-order valence-electron chi connectivity index (χ0n) is 11.9. The maximum Gasteiger partial charge on any atom is 0.356 e. The number of rotatable bonds is 6. The summed E-state index contributed by atoms with van der Waals surface area (Å²) in [5.41, 5.74) is 0.845. The largest absolute Gasteiger partial charge is 0.476 e. The van der Waals surface area contributed by atoms with Crippen molar-refractivity contribution >= 4 is 11.9 Å². The minimum Gasteiger partial charge on any atom is -0.476 e. The van der Waals surface area contributed by atoms with E-state index >= 15 is 0 Å². The Bertz CT molecular complexity index is 642. The topological polar surface area (TPSA) is 97.4 Å². The molecule has 2 N–H and O–H groups in total. The summed E-state index contributed by atoms with van der Waals surface area (Å²) in [6.45, 7) is 4.76. The molecule has 0 atom stereocenters. The molecule has 2 heterocycles. The van der Waals surface area contributed by atoms with Crippen molar-refractivity contribution < 1.29 is 19.1 Å². The van der Waals surface area contributed by atoms with Gasteiger partial charge >= 0.3 is 5.97 Å². The molecule has 0 aliphatic rings. The highest BCUT2D eigenvalue weighted by atomic mass is 16.4. The Morgan fingerprint density at radius 1 is 1.48 bits per heavy atom. The van der Waals surface area contributed by atoms with Gasteiger partial charge in [-0.25, -0.2) is 9.78 Å². The number of furan rings is 1. The van der Waals surface area contributed by atoms with Gasteiger partial charge in [-0.15, -0.1) is 0 Å². The summed E-state index contributed by atoms with van der Waals surface area (Å²) >= 11 is 0. The van der Waals surface area contributed by atoms with Gasteiger partial charge in [0, 0.05) is 24.8 Å². The van der Waals surface area contributed by atoms with E-state index in [1.165, 1.54) is 18.8 Å². The van der Waals surface area contributed by atoms with Crippen LogP contribution in [0.25, 0.3) is 0 Å². The fourth-order valence-corrected chi connectivity index (χ4v) is 1.93. The number of aromatic nitrogens is 2. The van der Waals surface area contributed by atoms with Crippen LogP contribution >= 0.6 is 0 Å². The van der Waals surface area contributed by atoms with Gasteiger partial charge in [-0.2, -0.15) is 0 Å². The van der Waals surface area contributed by atoms with Crippen LogP contribution < -0.4 is 5.32 Å². The molecule has 7 nitrogen and oxygen atoms in total. The third-order valence-corrected chi connectivity index (χ3v) is 3.03. The SMILES string of the molecule is CC(C)c1ccoc1C(=O)NCCn1cnc(C(=O)O)c1. The van der Waals surface area contributed by atoms with Crippen LogP contribution in [0.4, 0.5) is 0 Å². The first kappa shape index (κ1) is 14.8. The lowest BCUT2D eigenvalue weighted by Crippen LogP contribution is -2.27. The van der Waals surface area contributed by atoms with Gasteiger partial charge in [-0.05, 0) is 12.0 Å². The number of carbonyl (C=O) groups excluding carboxylic acids is 1. The zero-order chi connectivity index (χ0) is 15.4. The van der Waals surface area contributed by atoms with Gasteiger partial charge < -0.3 is 19.4 Å². The fraction of sp³-hybridized carbons (Fsp3) is 0.357. The first-order valence-corrected chi connectivity index (χ1v) is 6.59. The molecule has 1 amide bonds. The summed E-state index contributed by atoms with van der Waals surface area (Å²) in [6, 6.07) is 1.79. The van der Waals surface area contributed by atoms with Crippen LogP contribution in [0.3, 0.4) is 0 Å². The van der Waals surface area contributed by atoms with Crippen molar-refractivity contribution in [3.05, 3.63) is 41.9 Å². The minimum absolute atomic E-state index is 0.0190. The summed E-state index contributed by atoms with van der Waals surface area (Å²) < 4.78 is 6.82. The van der Waals surface area contributed by atoms with E-state index in [1.54, 1.807) is 10.6 Å². The van der Waals surface area contributed by atoms with E-state index in [4.69, 9.17) is 9.52 Å². The zero-order valence-corrected chi connectivity index (χ0v) is 11.9. The number of carboxylic acid groups (broad SMARTS) is 1. The Hall–Kier alpha value is -2.57. The Balaban J connectivity index is 1.89. The predicted molar refractivity (Wildman–Crippen MR) is 74.3 cm³/mol. The van der Waals surface area contributed by atoms with Crippen LogP contribution in [0.1, 0.15) is 46.4 Å². The number of hydrogen-bond donors (Lipinski definition) is 2. The second-order valence-electron chi connectivity index (χ2n) is 4.92. The Morgan fingerprint density at radius 3 is 2.86 bits per heavy atom. The molecule has 2 rings (SSSR count). The van der Waals surface area contributed by atoms with E-state index < -0.39 is 5.97 Å². The van der Waals surface area contributed by atoms with Crippen LogP contribution in [-0.2, 0) is 6.54 Å². The van der Waals surface area contributed by atoms with Crippen molar-refractivity contribution in [1.82, 2.24) is 14.9 Å². The molecule has 0 aliphatic heterocycles. The summed E-state index contributed by atoms with van der Waals surface area (Å²) in [5.74, 6) is -0.824. The Morgan fingerprint density at radius 2 is 2.24 bits per heavy atom. The molecule has 0 aliphatic carbocycles. The van der Waals surface area contributed by atoms with Crippen molar-refractivity contribution in [2.75, 3.05) is 6.54 Å². The normalized spacial score (nSPS) is 10.8. The molecule has 0 radical (unpaired) electrons. The maximum atomic E-state index is 12.0. The van der Waals surface area contributed by atoms with E-state index in [1.807, 2.05) is 13.8 Å². The second-order valence-corrected chi connectivity index (χ2v) is 4.92. The highest BCUT2D eigenvalue weighted by Crippen LogP contribution is 2.20. The molecule has 21 heavy (non-hydrogen) atoms. The van der Waals surface area contributed by atoms with E-state index in [0.717, 1.165) is 5.56 Å². The first-order valence-electron chi connectivity index (χ1n) is 6.59. The van der Waals surface area contributed by atoms with Crippen molar-refractivity contribution in [3.63, 3.8) is 0 Å². The lowest BCUT2D eigenvalue weighted by atomic mass is 10.0. The maximum absolute atomic E-state index is 12.0. The molecule has 0 spiro atoms. The number of carbonyl (C=O) groups is 2. The van der Waals surface area contributed by atoms with Gasteiger partial charge in [0.05, 0.1) is 12.6 Å². The van der Waals surface area contributed by atoms with Crippen molar-refractivity contribution in [1.29, 1.82) is 0 Å². The number of amides is 1. The lowest BCUT2D eigenvalue weighted by molar-refractivity contribution is 0.0690. The van der Waals surface area contributed by atoms with Crippen molar-refractivity contribution in [3.8, 4) is 0 Å². The molecule has 0 aromatic carbocycles. The third kappa shape index (κ3) is 3.50. The molecular weight excluding hydrogens is 274 g/mol. The molecule has 0 saturated carbocycles. The van der Waals surface area contributed by atoms with E-state index in [-0.39, 0.29) is 17.5 Å². The number of hydrogen-bond acceptors (Lipinski definition) is 4. The van der Waals surface area contributed by atoms with E-state index in [2.05, 4.69) is 10.3 Å². The van der Waals surface area contributed by atoms with Crippen LogP contribution in [-0.4, -0.2) is 33.1 Å². The molecule has 0 unspecified atom stereocenters. The molecule has 7 heteroatoms. The summed E-state index contributed by atoms with van der Waals surface area (Å²) in [5, 5.41) is 11.5. The highest BCUT2D eigenvalue weighted by molar-refractivity contribution is 5.93. The number of aromatic carboxylic acids is 1. The van der Waals surface area contributed by atoms with Gasteiger partial charge in [-0.3, -0.25) is 4.79 Å². The molecule has 2 aromatic rings. The average molecular weight is 291 g/mol. The van der Waals surface area contributed by atoms with E-state index in [9.17, 15) is 9.59 Å². The molecule has 0 bridgehead atoms. The van der Waals surface area contributed by atoms with Gasteiger partial charge in [0.25, 0.3) is 5.91 Å². The van der Waals surface area contributed by atoms with Gasteiger partial charge in [0.2, 0.25) is 0 Å². The van der Waals surface area contributed by atoms with Crippen molar-refractivity contribution in [2.24, 2.45) is 0 Å². The number of carboxylic acids is 1. The third-order valence-electron chi connectivity index (χ3n) is 3.03. The molecular formula is C14H17N3O4. The van der Waals surface area contributed by atoms with Gasteiger partial charge in [0.15, 0.2) is 11.5 Å². The molecule has 112 valence electrons. The summed E-state index contributed by atoms with van der Waals surface area (Å²) in [4.78, 5) is 26.4. The van der Waals surface area contributed by atoms with Crippen LogP contribution in [0.5, 0.6) is 0 Å². The second kappa shape index (κ2) is 6.25. The molecule has 0 saturated heterocycles. The monoisotopic (exact) mass is 291 g/mol. The standard InChI is InChI=1S/C14H17N3O4/c1-9(2)10-3-6-21-12(10)13(18)15-4-5-17-7-11(14(19)20)16-8-17/h3,6-9H,4-5H2,1-2H3,(H,15,18)(H,19,20). The van der Waals surface area contributed by atoms with Gasteiger partial charge in [0.1, 0.15) is 0 Å². The number of imidazole rings is 1. The van der Waals surface area contributed by atoms with Crippen LogP contribution in [0.2, 0.25) is 0 Å². The quantitative estimate of drug-likeness (QED) is 0.844. The number of nitrogens with zero attached hydrogens (tertiary/aromatic N) is 2. The minimum atomic E-state index is -1.07. The number of nitrogens with one attached hydrogen (secondary N) is 1. The summed E-state index contributed by atoms with van der Waals surface area (Å²) in [7, 11) is 0. The molecule has 0 fully saturated rings. The van der Waals surface area contributed by atoms with Crippen molar-refractivity contribution in [2.45, 2.75) is 26.3 Å². The first-order chi connectivity index (χ1) is 9.99. The van der Waals surface area contributed by atoms with Crippen LogP contribution in [0.15, 0.2) is 29.3 Å².